The number of hydrogen-bond donors (Lipinski definition) is 1. The van der Waals surface area contributed by atoms with Crippen molar-refractivity contribution in [2.24, 2.45) is 0 Å². The topological polar surface area (TPSA) is 44.8 Å². The highest BCUT2D eigenvalue weighted by Crippen LogP contribution is 2.44. The van der Waals surface area contributed by atoms with Gasteiger partial charge in [0.25, 0.3) is 0 Å². The average Bonchev–Trinajstić information content (AvgIpc) is 2.80. The molecule has 1 aromatic rings. The molecule has 1 aromatic carbocycles. The summed E-state index contributed by atoms with van der Waals surface area (Å²) in [4.78, 5) is 16.3. The Bertz CT molecular complexity index is 615. The largest absolute Gasteiger partial charge is 0.443 e. The van der Waals surface area contributed by atoms with Crippen molar-refractivity contribution in [1.29, 1.82) is 0 Å². The van der Waals surface area contributed by atoms with E-state index in [2.05, 4.69) is 10.2 Å². The van der Waals surface area contributed by atoms with E-state index >= 15 is 0 Å². The standard InChI is InChI=1S/C17H25Cl2N3O2/c1-17(2,3)24-16(23)22-10-13(20-8-9-21(4)5)11-6-7-12(18)14(19)15(11)22/h6-7,13,20H,8-10H2,1-5H3. The zero-order valence-corrected chi connectivity index (χ0v) is 16.3. The molecule has 2 rings (SSSR count). The van der Waals surface area contributed by atoms with Crippen LogP contribution in [-0.2, 0) is 4.74 Å². The molecule has 0 radical (unpaired) electrons. The quantitative estimate of drug-likeness (QED) is 0.867. The van der Waals surface area contributed by atoms with Crippen molar-refractivity contribution in [1.82, 2.24) is 10.2 Å². The number of ether oxygens (including phenoxy) is 1. The first-order valence-corrected chi connectivity index (χ1v) is 8.72. The molecule has 1 atom stereocenters. The third-order valence-electron chi connectivity index (χ3n) is 3.67. The van der Waals surface area contributed by atoms with Crippen molar-refractivity contribution in [3.05, 3.63) is 27.7 Å². The second-order valence-corrected chi connectivity index (χ2v) is 7.99. The van der Waals surface area contributed by atoms with E-state index < -0.39 is 11.7 Å². The van der Waals surface area contributed by atoms with Crippen LogP contribution in [-0.4, -0.2) is 50.3 Å². The van der Waals surface area contributed by atoms with E-state index in [1.807, 2.05) is 40.9 Å². The molecule has 134 valence electrons. The summed E-state index contributed by atoms with van der Waals surface area (Å²) in [5.41, 5.74) is 1.04. The fraction of sp³-hybridized carbons (Fsp3) is 0.588. The molecule has 7 heteroatoms. The lowest BCUT2D eigenvalue weighted by Gasteiger charge is -2.25. The van der Waals surface area contributed by atoms with Gasteiger partial charge in [-0.3, -0.25) is 4.90 Å². The van der Waals surface area contributed by atoms with Crippen LogP contribution < -0.4 is 10.2 Å². The van der Waals surface area contributed by atoms with E-state index in [0.29, 0.717) is 22.3 Å². The van der Waals surface area contributed by atoms with Crippen molar-refractivity contribution in [3.63, 3.8) is 0 Å². The normalized spacial score (nSPS) is 17.3. The van der Waals surface area contributed by atoms with Gasteiger partial charge in [0, 0.05) is 19.6 Å². The molecule has 1 N–H and O–H groups in total. The number of amides is 1. The van der Waals surface area contributed by atoms with Crippen LogP contribution in [0.15, 0.2) is 12.1 Å². The van der Waals surface area contributed by atoms with E-state index in [9.17, 15) is 4.79 Å². The van der Waals surface area contributed by atoms with Crippen LogP contribution in [0.2, 0.25) is 10.0 Å². The van der Waals surface area contributed by atoms with Crippen LogP contribution >= 0.6 is 23.2 Å². The third kappa shape index (κ3) is 4.54. The summed E-state index contributed by atoms with van der Waals surface area (Å²) >= 11 is 12.5. The molecule has 1 heterocycles. The van der Waals surface area contributed by atoms with Crippen LogP contribution in [0.5, 0.6) is 0 Å². The Labute approximate surface area is 153 Å². The van der Waals surface area contributed by atoms with Gasteiger partial charge in [0.2, 0.25) is 0 Å². The van der Waals surface area contributed by atoms with Gasteiger partial charge in [0.05, 0.1) is 21.8 Å². The molecule has 0 saturated heterocycles. The van der Waals surface area contributed by atoms with Crippen LogP contribution in [0.4, 0.5) is 10.5 Å². The van der Waals surface area contributed by atoms with Crippen LogP contribution in [0.1, 0.15) is 32.4 Å². The van der Waals surface area contributed by atoms with Gasteiger partial charge in [-0.1, -0.05) is 29.3 Å². The Balaban J connectivity index is 2.26. The first-order chi connectivity index (χ1) is 11.1. The van der Waals surface area contributed by atoms with Crippen molar-refractivity contribution in [3.8, 4) is 0 Å². The molecule has 24 heavy (non-hydrogen) atoms. The number of fused-ring (bicyclic) bond motifs is 1. The number of carbonyl (C=O) groups is 1. The molecule has 0 bridgehead atoms. The lowest BCUT2D eigenvalue weighted by atomic mass is 10.1. The SMILES string of the molecule is CN(C)CCNC1CN(C(=O)OC(C)(C)C)c2c1ccc(Cl)c2Cl. The van der Waals surface area contributed by atoms with Gasteiger partial charge in [0.15, 0.2) is 0 Å². The fourth-order valence-electron chi connectivity index (χ4n) is 2.60. The zero-order valence-electron chi connectivity index (χ0n) is 14.8. The maximum Gasteiger partial charge on any atom is 0.414 e. The molecule has 0 fully saturated rings. The predicted molar refractivity (Wildman–Crippen MR) is 99.3 cm³/mol. The maximum absolute atomic E-state index is 12.6. The summed E-state index contributed by atoms with van der Waals surface area (Å²) in [7, 11) is 4.04. The lowest BCUT2D eigenvalue weighted by Crippen LogP contribution is -2.38. The Kier molecular flexibility index (Phi) is 6.02. The van der Waals surface area contributed by atoms with Gasteiger partial charge in [-0.15, -0.1) is 0 Å². The van der Waals surface area contributed by atoms with Gasteiger partial charge in [-0.25, -0.2) is 4.79 Å². The minimum atomic E-state index is -0.571. The summed E-state index contributed by atoms with van der Waals surface area (Å²) in [5.74, 6) is 0. The maximum atomic E-state index is 12.6. The number of nitrogens with one attached hydrogen (secondary N) is 1. The van der Waals surface area contributed by atoms with Crippen LogP contribution in [0.3, 0.4) is 0 Å². The second-order valence-electron chi connectivity index (χ2n) is 7.20. The first-order valence-electron chi connectivity index (χ1n) is 7.96. The minimum absolute atomic E-state index is 0.00207. The lowest BCUT2D eigenvalue weighted by molar-refractivity contribution is 0.0581. The average molecular weight is 374 g/mol. The van der Waals surface area contributed by atoms with E-state index in [4.69, 9.17) is 27.9 Å². The molecule has 1 amide bonds. The van der Waals surface area contributed by atoms with Gasteiger partial charge in [-0.2, -0.15) is 0 Å². The second kappa shape index (κ2) is 7.48. The molecule has 1 unspecified atom stereocenters. The van der Waals surface area contributed by atoms with E-state index in [1.165, 1.54) is 0 Å². The van der Waals surface area contributed by atoms with E-state index in [1.54, 1.807) is 11.0 Å². The number of benzene rings is 1. The van der Waals surface area contributed by atoms with Crippen molar-refractivity contribution >= 4 is 35.0 Å². The first kappa shape index (κ1) is 19.3. The molecule has 1 aliphatic heterocycles. The Morgan fingerprint density at radius 1 is 1.38 bits per heavy atom. The van der Waals surface area contributed by atoms with Crippen molar-refractivity contribution in [2.45, 2.75) is 32.4 Å². The highest BCUT2D eigenvalue weighted by Gasteiger charge is 2.37. The van der Waals surface area contributed by atoms with Gasteiger partial charge < -0.3 is 15.0 Å². The third-order valence-corrected chi connectivity index (χ3v) is 4.47. The molecule has 1 aliphatic rings. The highest BCUT2D eigenvalue weighted by atomic mass is 35.5. The molecular weight excluding hydrogens is 349 g/mol. The predicted octanol–water partition coefficient (Wildman–Crippen LogP) is 3.94. The summed E-state index contributed by atoms with van der Waals surface area (Å²) in [5, 5.41) is 4.29. The smallest absolute Gasteiger partial charge is 0.414 e. The number of carbonyl (C=O) groups excluding carboxylic acids is 1. The number of rotatable bonds is 4. The van der Waals surface area contributed by atoms with Gasteiger partial charge in [-0.05, 0) is 46.5 Å². The molecule has 0 spiro atoms. The number of hydrogen-bond acceptors (Lipinski definition) is 4. The molecule has 0 saturated carbocycles. The highest BCUT2D eigenvalue weighted by molar-refractivity contribution is 6.44. The van der Waals surface area contributed by atoms with Crippen molar-refractivity contribution in [2.75, 3.05) is 38.6 Å². The number of anilines is 1. The van der Waals surface area contributed by atoms with Gasteiger partial charge in [0.1, 0.15) is 5.60 Å². The van der Waals surface area contributed by atoms with E-state index in [-0.39, 0.29) is 6.04 Å². The Hall–Kier alpha value is -1.01. The molecule has 0 aliphatic carbocycles. The molecule has 0 aromatic heterocycles. The number of halogens is 2. The Morgan fingerprint density at radius 2 is 2.04 bits per heavy atom. The van der Waals surface area contributed by atoms with Crippen molar-refractivity contribution < 1.29 is 9.53 Å². The minimum Gasteiger partial charge on any atom is -0.443 e. The fourth-order valence-corrected chi connectivity index (χ4v) is 3.03. The summed E-state index contributed by atoms with van der Waals surface area (Å²) < 4.78 is 5.51. The monoisotopic (exact) mass is 373 g/mol. The van der Waals surface area contributed by atoms with Gasteiger partial charge >= 0.3 is 6.09 Å². The number of likely N-dealkylation sites (N-methyl/N-ethyl adjacent to an activating group) is 1. The summed E-state index contributed by atoms with van der Waals surface area (Å²) in [6.07, 6.45) is -0.412. The van der Waals surface area contributed by atoms with Crippen LogP contribution in [0, 0.1) is 0 Å². The zero-order chi connectivity index (χ0) is 18.1. The summed E-state index contributed by atoms with van der Waals surface area (Å²) in [6, 6.07) is 3.69. The van der Waals surface area contributed by atoms with E-state index in [0.717, 1.165) is 18.7 Å². The number of nitrogens with zero attached hydrogens (tertiary/aromatic N) is 2. The molecule has 5 nitrogen and oxygen atoms in total. The summed E-state index contributed by atoms with van der Waals surface area (Å²) in [6.45, 7) is 7.70. The molecular formula is C17H25Cl2N3O2. The Morgan fingerprint density at radius 3 is 2.62 bits per heavy atom. The van der Waals surface area contributed by atoms with Crippen LogP contribution in [0.25, 0.3) is 0 Å².